The van der Waals surface area contributed by atoms with E-state index in [4.69, 9.17) is 0 Å². The molecule has 6 heteroatoms. The Morgan fingerprint density at radius 2 is 2.10 bits per heavy atom. The van der Waals surface area contributed by atoms with Crippen molar-refractivity contribution in [1.82, 2.24) is 25.2 Å². The van der Waals surface area contributed by atoms with E-state index in [0.717, 1.165) is 6.54 Å². The molecule has 0 aliphatic heterocycles. The van der Waals surface area contributed by atoms with Gasteiger partial charge in [-0.1, -0.05) is 0 Å². The maximum atomic E-state index is 12.4. The minimum absolute atomic E-state index is 0.211. The fourth-order valence-corrected chi connectivity index (χ4v) is 2.28. The number of pyridine rings is 1. The van der Waals surface area contributed by atoms with Gasteiger partial charge in [0.2, 0.25) is 0 Å². The molecule has 0 fully saturated rings. The Morgan fingerprint density at radius 3 is 2.80 bits per heavy atom. The van der Waals surface area contributed by atoms with Gasteiger partial charge < -0.3 is 10.2 Å². The first-order chi connectivity index (χ1) is 9.39. The molecule has 0 saturated carbocycles. The zero-order valence-corrected chi connectivity index (χ0v) is 12.2. The van der Waals surface area contributed by atoms with Crippen molar-refractivity contribution >= 4 is 16.8 Å². The highest BCUT2D eigenvalue weighted by Gasteiger charge is 2.23. The summed E-state index contributed by atoms with van der Waals surface area (Å²) < 4.78 is 0. The van der Waals surface area contributed by atoms with Crippen molar-refractivity contribution in [3.8, 4) is 0 Å². The zero-order chi connectivity index (χ0) is 14.8. The van der Waals surface area contributed by atoms with Gasteiger partial charge in [-0.3, -0.25) is 9.78 Å². The van der Waals surface area contributed by atoms with Crippen molar-refractivity contribution in [3.63, 3.8) is 0 Å². The summed E-state index contributed by atoms with van der Waals surface area (Å²) in [6.45, 7) is 4.69. The van der Waals surface area contributed by atoms with Crippen LogP contribution in [0.25, 0.3) is 10.9 Å². The molecule has 2 aromatic rings. The first-order valence-electron chi connectivity index (χ1n) is 6.41. The Balaban J connectivity index is 2.28. The number of rotatable bonds is 4. The minimum Gasteiger partial charge on any atom is -0.345 e. The van der Waals surface area contributed by atoms with Crippen molar-refractivity contribution < 1.29 is 4.79 Å². The average molecular weight is 273 g/mol. The number of carbonyl (C=O) groups is 1. The lowest BCUT2D eigenvalue weighted by atomic mass is 10.0. The smallest absolute Gasteiger partial charge is 0.271 e. The largest absolute Gasteiger partial charge is 0.345 e. The molecule has 2 aromatic heterocycles. The molecule has 0 unspecified atom stereocenters. The van der Waals surface area contributed by atoms with Crippen LogP contribution in [0.4, 0.5) is 0 Å². The highest BCUT2D eigenvalue weighted by molar-refractivity contribution is 6.04. The summed E-state index contributed by atoms with van der Waals surface area (Å²) in [5.74, 6) is -0.211. The number of fused-ring (bicyclic) bond motifs is 1. The molecule has 0 atom stereocenters. The van der Waals surface area contributed by atoms with Crippen LogP contribution in [0, 0.1) is 0 Å². The van der Waals surface area contributed by atoms with E-state index in [1.165, 1.54) is 6.33 Å². The summed E-state index contributed by atoms with van der Waals surface area (Å²) in [6, 6.07) is 1.76. The van der Waals surface area contributed by atoms with Gasteiger partial charge in [0.05, 0.1) is 5.52 Å². The Bertz CT molecular complexity index is 618. The fraction of sp³-hybridized carbons (Fsp3) is 0.429. The molecule has 1 N–H and O–H groups in total. The molecule has 0 radical (unpaired) electrons. The number of nitrogens with zero attached hydrogens (tertiary/aromatic N) is 4. The standard InChI is InChI=1S/C14H19N5O/c1-14(2,8-19(3)4)18-13(20)12-10-7-15-9-17-11(10)5-6-16-12/h5-7,9H,8H2,1-4H3,(H,18,20). The lowest BCUT2D eigenvalue weighted by Crippen LogP contribution is -2.50. The topological polar surface area (TPSA) is 71.0 Å². The zero-order valence-electron chi connectivity index (χ0n) is 12.2. The van der Waals surface area contributed by atoms with Crippen molar-refractivity contribution in [2.24, 2.45) is 0 Å². The van der Waals surface area contributed by atoms with E-state index < -0.39 is 0 Å². The number of aromatic nitrogens is 3. The van der Waals surface area contributed by atoms with E-state index in [9.17, 15) is 4.79 Å². The van der Waals surface area contributed by atoms with Crippen LogP contribution in [0.1, 0.15) is 24.3 Å². The van der Waals surface area contributed by atoms with Crippen LogP contribution in [-0.4, -0.2) is 51.9 Å². The van der Waals surface area contributed by atoms with Gasteiger partial charge in [-0.05, 0) is 34.0 Å². The monoisotopic (exact) mass is 273 g/mol. The summed E-state index contributed by atoms with van der Waals surface area (Å²) in [4.78, 5) is 26.7. The molecule has 0 saturated heterocycles. The summed E-state index contributed by atoms with van der Waals surface area (Å²) in [5, 5.41) is 3.66. The van der Waals surface area contributed by atoms with Crippen LogP contribution in [-0.2, 0) is 0 Å². The first kappa shape index (κ1) is 14.3. The molecule has 0 bridgehead atoms. The summed E-state index contributed by atoms with van der Waals surface area (Å²) in [7, 11) is 3.94. The molecule has 6 nitrogen and oxygen atoms in total. The molecule has 1 amide bonds. The number of likely N-dealkylation sites (N-methyl/N-ethyl adjacent to an activating group) is 1. The molecule has 2 heterocycles. The third kappa shape index (κ3) is 3.27. The summed E-state index contributed by atoms with van der Waals surface area (Å²) in [5.41, 5.74) is 0.723. The number of hydrogen-bond acceptors (Lipinski definition) is 5. The van der Waals surface area contributed by atoms with Crippen LogP contribution in [0.3, 0.4) is 0 Å². The van der Waals surface area contributed by atoms with E-state index >= 15 is 0 Å². The maximum Gasteiger partial charge on any atom is 0.271 e. The molecule has 106 valence electrons. The molecule has 0 aliphatic rings. The third-order valence-electron chi connectivity index (χ3n) is 2.81. The van der Waals surface area contributed by atoms with Gasteiger partial charge in [0, 0.05) is 29.9 Å². The summed E-state index contributed by atoms with van der Waals surface area (Å²) >= 11 is 0. The molecular formula is C14H19N5O. The predicted molar refractivity (Wildman–Crippen MR) is 77.4 cm³/mol. The van der Waals surface area contributed by atoms with Gasteiger partial charge in [-0.2, -0.15) is 0 Å². The van der Waals surface area contributed by atoms with Crippen molar-refractivity contribution in [2.75, 3.05) is 20.6 Å². The second kappa shape index (κ2) is 5.50. The fourth-order valence-electron chi connectivity index (χ4n) is 2.28. The second-order valence-corrected chi connectivity index (χ2v) is 5.69. The molecule has 0 spiro atoms. The number of carbonyl (C=O) groups excluding carboxylic acids is 1. The van der Waals surface area contributed by atoms with E-state index in [2.05, 4.69) is 20.3 Å². The first-order valence-corrected chi connectivity index (χ1v) is 6.41. The van der Waals surface area contributed by atoms with Crippen molar-refractivity contribution in [1.29, 1.82) is 0 Å². The van der Waals surface area contributed by atoms with E-state index in [-0.39, 0.29) is 11.4 Å². The predicted octanol–water partition coefficient (Wildman–Crippen LogP) is 1.09. The molecular weight excluding hydrogens is 254 g/mol. The van der Waals surface area contributed by atoms with Crippen LogP contribution in [0.15, 0.2) is 24.8 Å². The highest BCUT2D eigenvalue weighted by atomic mass is 16.2. The molecule has 20 heavy (non-hydrogen) atoms. The van der Waals surface area contributed by atoms with E-state index in [0.29, 0.717) is 16.6 Å². The Kier molecular flexibility index (Phi) is 3.94. The van der Waals surface area contributed by atoms with Gasteiger partial charge in [0.15, 0.2) is 0 Å². The minimum atomic E-state index is -0.347. The van der Waals surface area contributed by atoms with Crippen LogP contribution >= 0.6 is 0 Å². The number of hydrogen-bond donors (Lipinski definition) is 1. The molecule has 2 rings (SSSR count). The lowest BCUT2D eigenvalue weighted by molar-refractivity contribution is 0.0896. The van der Waals surface area contributed by atoms with Crippen LogP contribution in [0.2, 0.25) is 0 Å². The van der Waals surface area contributed by atoms with Gasteiger partial charge in [-0.15, -0.1) is 0 Å². The Labute approximate surface area is 118 Å². The molecule has 0 aromatic carbocycles. The lowest BCUT2D eigenvalue weighted by Gasteiger charge is -2.29. The number of nitrogens with one attached hydrogen (secondary N) is 1. The van der Waals surface area contributed by atoms with Gasteiger partial charge >= 0.3 is 0 Å². The van der Waals surface area contributed by atoms with E-state index in [1.54, 1.807) is 18.5 Å². The second-order valence-electron chi connectivity index (χ2n) is 5.69. The molecule has 0 aliphatic carbocycles. The van der Waals surface area contributed by atoms with Crippen molar-refractivity contribution in [3.05, 3.63) is 30.5 Å². The highest BCUT2D eigenvalue weighted by Crippen LogP contribution is 2.14. The van der Waals surface area contributed by atoms with Gasteiger partial charge in [-0.25, -0.2) is 9.97 Å². The van der Waals surface area contributed by atoms with Gasteiger partial charge in [0.25, 0.3) is 5.91 Å². The Morgan fingerprint density at radius 1 is 1.35 bits per heavy atom. The van der Waals surface area contributed by atoms with Crippen LogP contribution < -0.4 is 5.32 Å². The van der Waals surface area contributed by atoms with E-state index in [1.807, 2.05) is 32.8 Å². The normalized spacial score (nSPS) is 11.8. The third-order valence-corrected chi connectivity index (χ3v) is 2.81. The SMILES string of the molecule is CN(C)CC(C)(C)NC(=O)c1nccc2ncncc12. The Hall–Kier alpha value is -2.08. The van der Waals surface area contributed by atoms with Crippen LogP contribution in [0.5, 0.6) is 0 Å². The maximum absolute atomic E-state index is 12.4. The average Bonchev–Trinajstić information content (AvgIpc) is 2.35. The summed E-state index contributed by atoms with van der Waals surface area (Å²) in [6.07, 6.45) is 4.66. The van der Waals surface area contributed by atoms with Gasteiger partial charge in [0.1, 0.15) is 12.0 Å². The van der Waals surface area contributed by atoms with Crippen molar-refractivity contribution in [2.45, 2.75) is 19.4 Å². The number of amides is 1. The quantitative estimate of drug-likeness (QED) is 0.903.